The SMILES string of the molecule is CCN(C(=O)c1cc(OC)cc(OC)c1)C(C)c1nc2ccccc2c(=O)n1-c1cc(OC)cc(OC)c1Br. The molecular formula is C29H30BrN3O6. The highest BCUT2D eigenvalue weighted by Gasteiger charge is 2.28. The summed E-state index contributed by atoms with van der Waals surface area (Å²) < 4.78 is 23.8. The largest absolute Gasteiger partial charge is 0.497 e. The van der Waals surface area contributed by atoms with Crippen LogP contribution < -0.4 is 24.5 Å². The molecule has 0 radical (unpaired) electrons. The molecule has 10 heteroatoms. The van der Waals surface area contributed by atoms with Crippen LogP contribution in [0.25, 0.3) is 16.6 Å². The van der Waals surface area contributed by atoms with Crippen LogP contribution in [0.3, 0.4) is 0 Å². The number of para-hydroxylation sites is 1. The highest BCUT2D eigenvalue weighted by atomic mass is 79.9. The summed E-state index contributed by atoms with van der Waals surface area (Å²) in [6.45, 7) is 4.07. The fourth-order valence-corrected chi connectivity index (χ4v) is 5.05. The van der Waals surface area contributed by atoms with Crippen molar-refractivity contribution in [2.24, 2.45) is 0 Å². The van der Waals surface area contributed by atoms with Gasteiger partial charge in [0.15, 0.2) is 0 Å². The summed E-state index contributed by atoms with van der Waals surface area (Å²) in [6.07, 6.45) is 0. The Morgan fingerprint density at radius 1 is 0.949 bits per heavy atom. The molecule has 1 unspecified atom stereocenters. The predicted molar refractivity (Wildman–Crippen MR) is 153 cm³/mol. The Morgan fingerprint density at radius 2 is 1.56 bits per heavy atom. The molecule has 0 aliphatic carbocycles. The van der Waals surface area contributed by atoms with Gasteiger partial charge >= 0.3 is 0 Å². The van der Waals surface area contributed by atoms with Crippen LogP contribution in [0, 0.1) is 0 Å². The number of carbonyl (C=O) groups excluding carboxylic acids is 1. The number of halogens is 1. The lowest BCUT2D eigenvalue weighted by atomic mass is 10.1. The summed E-state index contributed by atoms with van der Waals surface area (Å²) in [5, 5.41) is 0.439. The number of nitrogens with zero attached hydrogens (tertiary/aromatic N) is 3. The second-order valence-corrected chi connectivity index (χ2v) is 9.45. The first kappa shape index (κ1) is 28.0. The van der Waals surface area contributed by atoms with E-state index in [0.717, 1.165) is 0 Å². The molecule has 1 heterocycles. The van der Waals surface area contributed by atoms with Crippen molar-refractivity contribution in [1.82, 2.24) is 14.5 Å². The molecule has 0 fully saturated rings. The monoisotopic (exact) mass is 595 g/mol. The number of ether oxygens (including phenoxy) is 4. The summed E-state index contributed by atoms with van der Waals surface area (Å²) in [5.74, 6) is 2.08. The number of hydrogen-bond acceptors (Lipinski definition) is 7. The highest BCUT2D eigenvalue weighted by Crippen LogP contribution is 2.37. The van der Waals surface area contributed by atoms with E-state index in [1.54, 1.807) is 53.4 Å². The number of aromatic nitrogens is 2. The third-order valence-corrected chi connectivity index (χ3v) is 7.33. The molecule has 1 amide bonds. The zero-order valence-electron chi connectivity index (χ0n) is 22.6. The third-order valence-electron chi connectivity index (χ3n) is 6.53. The molecule has 0 spiro atoms. The minimum atomic E-state index is -0.610. The summed E-state index contributed by atoms with van der Waals surface area (Å²) >= 11 is 3.60. The van der Waals surface area contributed by atoms with Crippen molar-refractivity contribution in [2.75, 3.05) is 35.0 Å². The van der Waals surface area contributed by atoms with Crippen molar-refractivity contribution in [3.8, 4) is 28.7 Å². The van der Waals surface area contributed by atoms with Gasteiger partial charge < -0.3 is 23.8 Å². The van der Waals surface area contributed by atoms with Gasteiger partial charge in [-0.3, -0.25) is 14.2 Å². The summed E-state index contributed by atoms with van der Waals surface area (Å²) in [6, 6.07) is 15.0. The van der Waals surface area contributed by atoms with Crippen LogP contribution in [0.2, 0.25) is 0 Å². The van der Waals surface area contributed by atoms with Crippen LogP contribution in [0.15, 0.2) is 63.9 Å². The van der Waals surface area contributed by atoms with E-state index < -0.39 is 6.04 Å². The van der Waals surface area contributed by atoms with Gasteiger partial charge in [-0.2, -0.15) is 0 Å². The number of benzene rings is 3. The first-order valence-corrected chi connectivity index (χ1v) is 13.0. The van der Waals surface area contributed by atoms with Crippen LogP contribution >= 0.6 is 15.9 Å². The van der Waals surface area contributed by atoms with Crippen LogP contribution in [0.1, 0.15) is 36.1 Å². The van der Waals surface area contributed by atoms with Gasteiger partial charge in [0.05, 0.1) is 55.5 Å². The maximum Gasteiger partial charge on any atom is 0.266 e. The highest BCUT2D eigenvalue weighted by molar-refractivity contribution is 9.10. The van der Waals surface area contributed by atoms with Crippen LogP contribution in [0.4, 0.5) is 0 Å². The Labute approximate surface area is 235 Å². The van der Waals surface area contributed by atoms with Crippen LogP contribution in [-0.2, 0) is 0 Å². The first-order valence-electron chi connectivity index (χ1n) is 12.3. The number of carbonyl (C=O) groups is 1. The Kier molecular flexibility index (Phi) is 8.44. The van der Waals surface area contributed by atoms with Crippen molar-refractivity contribution < 1.29 is 23.7 Å². The molecule has 0 aliphatic rings. The maximum absolute atomic E-state index is 14.0. The molecular weight excluding hydrogens is 566 g/mol. The normalized spacial score (nSPS) is 11.7. The zero-order valence-corrected chi connectivity index (χ0v) is 24.2. The molecule has 0 bridgehead atoms. The Hall–Kier alpha value is -4.05. The van der Waals surface area contributed by atoms with Crippen molar-refractivity contribution >= 4 is 32.7 Å². The van der Waals surface area contributed by atoms with Gasteiger partial charge in [0, 0.05) is 30.3 Å². The minimum Gasteiger partial charge on any atom is -0.497 e. The maximum atomic E-state index is 14.0. The first-order chi connectivity index (χ1) is 18.8. The average molecular weight is 596 g/mol. The quantitative estimate of drug-likeness (QED) is 0.255. The number of hydrogen-bond donors (Lipinski definition) is 0. The number of fused-ring (bicyclic) bond motifs is 1. The van der Waals surface area contributed by atoms with E-state index >= 15 is 0 Å². The topological polar surface area (TPSA) is 92.1 Å². The van der Waals surface area contributed by atoms with Gasteiger partial charge in [0.1, 0.15) is 28.8 Å². The van der Waals surface area contributed by atoms with E-state index in [0.29, 0.717) is 62.0 Å². The Bertz CT molecular complexity index is 1560. The molecule has 0 saturated heterocycles. The fraction of sp³-hybridized carbons (Fsp3) is 0.276. The Morgan fingerprint density at radius 3 is 2.15 bits per heavy atom. The van der Waals surface area contributed by atoms with Crippen molar-refractivity contribution in [3.63, 3.8) is 0 Å². The third kappa shape index (κ3) is 5.29. The van der Waals surface area contributed by atoms with Crippen LogP contribution in [-0.4, -0.2) is 55.3 Å². The van der Waals surface area contributed by atoms with Gasteiger partial charge in [-0.15, -0.1) is 0 Å². The van der Waals surface area contributed by atoms with Gasteiger partial charge in [-0.05, 0) is 54.0 Å². The second kappa shape index (κ2) is 11.8. The molecule has 204 valence electrons. The lowest BCUT2D eigenvalue weighted by molar-refractivity contribution is 0.0692. The minimum absolute atomic E-state index is 0.265. The summed E-state index contributed by atoms with van der Waals surface area (Å²) in [4.78, 5) is 34.4. The van der Waals surface area contributed by atoms with Crippen molar-refractivity contribution in [3.05, 3.63) is 80.8 Å². The van der Waals surface area contributed by atoms with Crippen molar-refractivity contribution in [2.45, 2.75) is 19.9 Å². The number of amides is 1. The predicted octanol–water partition coefficient (Wildman–Crippen LogP) is 5.41. The van der Waals surface area contributed by atoms with E-state index in [4.69, 9.17) is 23.9 Å². The molecule has 0 N–H and O–H groups in total. The summed E-state index contributed by atoms with van der Waals surface area (Å²) in [5.41, 5.74) is 1.10. The van der Waals surface area contributed by atoms with Gasteiger partial charge in [0.25, 0.3) is 11.5 Å². The summed E-state index contributed by atoms with van der Waals surface area (Å²) in [7, 11) is 6.13. The zero-order chi connectivity index (χ0) is 28.3. The van der Waals surface area contributed by atoms with Crippen molar-refractivity contribution in [1.29, 1.82) is 0 Å². The number of methoxy groups -OCH3 is 4. The number of rotatable bonds is 9. The molecule has 1 atom stereocenters. The van der Waals surface area contributed by atoms with Gasteiger partial charge in [-0.25, -0.2) is 4.98 Å². The standard InChI is InChI=1S/C29H30BrN3O6/c1-7-32(28(34)18-12-19(36-3)14-20(13-18)37-4)17(2)27-31-23-11-9-8-10-22(23)29(35)33(27)24-15-21(38-5)16-25(39-6)26(24)30/h8-17H,7H2,1-6H3. The second-order valence-electron chi connectivity index (χ2n) is 8.66. The molecule has 0 saturated carbocycles. The van der Waals surface area contributed by atoms with Crippen LogP contribution in [0.5, 0.6) is 23.0 Å². The van der Waals surface area contributed by atoms with E-state index in [1.807, 2.05) is 19.9 Å². The lowest BCUT2D eigenvalue weighted by Gasteiger charge is -2.30. The van der Waals surface area contributed by atoms with Gasteiger partial charge in [0.2, 0.25) is 0 Å². The van der Waals surface area contributed by atoms with E-state index in [-0.39, 0.29) is 11.5 Å². The molecule has 9 nitrogen and oxygen atoms in total. The molecule has 3 aromatic carbocycles. The molecule has 1 aromatic heterocycles. The average Bonchev–Trinajstić information content (AvgIpc) is 2.97. The van der Waals surface area contributed by atoms with Gasteiger partial charge in [-0.1, -0.05) is 12.1 Å². The molecule has 4 rings (SSSR count). The van der Waals surface area contributed by atoms with E-state index in [9.17, 15) is 9.59 Å². The molecule has 39 heavy (non-hydrogen) atoms. The van der Waals surface area contributed by atoms with E-state index in [2.05, 4.69) is 15.9 Å². The lowest BCUT2D eigenvalue weighted by Crippen LogP contribution is -2.37. The smallest absolute Gasteiger partial charge is 0.266 e. The van der Waals surface area contributed by atoms with E-state index in [1.165, 1.54) is 33.0 Å². The molecule has 0 aliphatic heterocycles. The Balaban J connectivity index is 1.96. The molecule has 4 aromatic rings. The fourth-order valence-electron chi connectivity index (χ4n) is 4.48.